The van der Waals surface area contributed by atoms with Crippen LogP contribution in [0.15, 0.2) is 42.6 Å². The number of anilines is 2. The molecule has 0 saturated heterocycles. The summed E-state index contributed by atoms with van der Waals surface area (Å²) >= 11 is 0. The number of ether oxygens (including phenoxy) is 1. The summed E-state index contributed by atoms with van der Waals surface area (Å²) in [6, 6.07) is 12.4. The van der Waals surface area contributed by atoms with E-state index >= 15 is 0 Å². The Balaban J connectivity index is 2.08. The van der Waals surface area contributed by atoms with Crippen LogP contribution in [0.4, 0.5) is 11.4 Å². The second-order valence-corrected chi connectivity index (χ2v) is 4.77. The molecule has 0 spiro atoms. The molecule has 1 aromatic carbocycles. The standard InChI is InChI=1S/C16H21N3O/c1-19(2)14-10-12-18-16(20-3)15(14)17-11-9-13-7-5-4-6-8-13/h4-8,10,12,17H,9,11H2,1-3H3. The second kappa shape index (κ2) is 6.80. The molecule has 1 aromatic heterocycles. The highest BCUT2D eigenvalue weighted by atomic mass is 16.5. The Morgan fingerprint density at radius 2 is 1.90 bits per heavy atom. The van der Waals surface area contributed by atoms with Crippen molar-refractivity contribution >= 4 is 11.4 Å². The number of hydrogen-bond donors (Lipinski definition) is 1. The first-order chi connectivity index (χ1) is 9.72. The molecule has 20 heavy (non-hydrogen) atoms. The Bertz CT molecular complexity index is 541. The first-order valence-electron chi connectivity index (χ1n) is 6.70. The molecule has 0 fully saturated rings. The van der Waals surface area contributed by atoms with Gasteiger partial charge in [-0.2, -0.15) is 0 Å². The minimum atomic E-state index is 0.629. The van der Waals surface area contributed by atoms with Crippen LogP contribution in [0.1, 0.15) is 5.56 Å². The maximum absolute atomic E-state index is 5.34. The molecule has 0 bridgehead atoms. The number of methoxy groups -OCH3 is 1. The lowest BCUT2D eigenvalue weighted by atomic mass is 10.1. The average Bonchev–Trinajstić information content (AvgIpc) is 2.48. The van der Waals surface area contributed by atoms with E-state index in [0.717, 1.165) is 24.3 Å². The van der Waals surface area contributed by atoms with E-state index in [1.165, 1.54) is 5.56 Å². The molecule has 2 aromatic rings. The van der Waals surface area contributed by atoms with Gasteiger partial charge in [0.1, 0.15) is 5.69 Å². The molecular formula is C16H21N3O. The fourth-order valence-electron chi connectivity index (χ4n) is 2.10. The lowest BCUT2D eigenvalue weighted by molar-refractivity contribution is 0.400. The van der Waals surface area contributed by atoms with E-state index in [1.54, 1.807) is 13.3 Å². The molecule has 1 N–H and O–H groups in total. The summed E-state index contributed by atoms with van der Waals surface area (Å²) in [5.74, 6) is 0.629. The van der Waals surface area contributed by atoms with Crippen LogP contribution in [0.3, 0.4) is 0 Å². The maximum Gasteiger partial charge on any atom is 0.239 e. The normalized spacial score (nSPS) is 10.2. The van der Waals surface area contributed by atoms with Crippen LogP contribution in [-0.4, -0.2) is 32.7 Å². The Labute approximate surface area is 120 Å². The first kappa shape index (κ1) is 14.2. The highest BCUT2D eigenvalue weighted by Gasteiger charge is 2.11. The van der Waals surface area contributed by atoms with E-state index in [1.807, 2.05) is 26.2 Å². The van der Waals surface area contributed by atoms with Gasteiger partial charge in [0.25, 0.3) is 0 Å². The van der Waals surface area contributed by atoms with Crippen LogP contribution in [0.5, 0.6) is 5.88 Å². The van der Waals surface area contributed by atoms with Gasteiger partial charge in [0.05, 0.1) is 12.8 Å². The van der Waals surface area contributed by atoms with Gasteiger partial charge in [-0.1, -0.05) is 30.3 Å². The van der Waals surface area contributed by atoms with Gasteiger partial charge in [-0.15, -0.1) is 0 Å². The molecule has 0 atom stereocenters. The monoisotopic (exact) mass is 271 g/mol. The molecule has 0 aliphatic carbocycles. The topological polar surface area (TPSA) is 37.4 Å². The summed E-state index contributed by atoms with van der Waals surface area (Å²) in [6.07, 6.45) is 2.72. The number of pyridine rings is 1. The summed E-state index contributed by atoms with van der Waals surface area (Å²) in [7, 11) is 5.67. The van der Waals surface area contributed by atoms with Crippen LogP contribution in [0, 0.1) is 0 Å². The zero-order valence-electron chi connectivity index (χ0n) is 12.3. The van der Waals surface area contributed by atoms with Crippen LogP contribution in [-0.2, 0) is 6.42 Å². The van der Waals surface area contributed by atoms with E-state index < -0.39 is 0 Å². The number of hydrogen-bond acceptors (Lipinski definition) is 4. The summed E-state index contributed by atoms with van der Waals surface area (Å²) in [5, 5.41) is 3.43. The molecule has 0 amide bonds. The predicted molar refractivity (Wildman–Crippen MR) is 83.8 cm³/mol. The van der Waals surface area contributed by atoms with E-state index in [4.69, 9.17) is 4.74 Å². The summed E-state index contributed by atoms with van der Waals surface area (Å²) < 4.78 is 5.34. The molecule has 0 aliphatic heterocycles. The van der Waals surface area contributed by atoms with Crippen molar-refractivity contribution in [1.29, 1.82) is 0 Å². The Morgan fingerprint density at radius 1 is 1.15 bits per heavy atom. The van der Waals surface area contributed by atoms with E-state index in [2.05, 4.69) is 39.5 Å². The van der Waals surface area contributed by atoms with Gasteiger partial charge < -0.3 is 15.0 Å². The number of nitrogens with one attached hydrogen (secondary N) is 1. The van der Waals surface area contributed by atoms with Crippen LogP contribution in [0.25, 0.3) is 0 Å². The summed E-state index contributed by atoms with van der Waals surface area (Å²) in [5.41, 5.74) is 3.33. The Morgan fingerprint density at radius 3 is 2.55 bits per heavy atom. The van der Waals surface area contributed by atoms with Crippen molar-refractivity contribution < 1.29 is 4.74 Å². The third-order valence-electron chi connectivity index (χ3n) is 3.13. The van der Waals surface area contributed by atoms with Gasteiger partial charge in [0, 0.05) is 26.8 Å². The van der Waals surface area contributed by atoms with Gasteiger partial charge in [-0.3, -0.25) is 0 Å². The molecule has 0 aliphatic rings. The minimum absolute atomic E-state index is 0.629. The lowest BCUT2D eigenvalue weighted by Gasteiger charge is -2.20. The fourth-order valence-corrected chi connectivity index (χ4v) is 2.10. The number of nitrogens with zero attached hydrogens (tertiary/aromatic N) is 2. The third kappa shape index (κ3) is 3.41. The number of aromatic nitrogens is 1. The zero-order chi connectivity index (χ0) is 14.4. The van der Waals surface area contributed by atoms with Crippen molar-refractivity contribution in [3.05, 3.63) is 48.2 Å². The minimum Gasteiger partial charge on any atom is -0.479 e. The van der Waals surface area contributed by atoms with Crippen molar-refractivity contribution in [2.45, 2.75) is 6.42 Å². The van der Waals surface area contributed by atoms with Crippen molar-refractivity contribution in [2.75, 3.05) is 38.0 Å². The van der Waals surface area contributed by atoms with E-state index in [0.29, 0.717) is 5.88 Å². The SMILES string of the molecule is COc1nccc(N(C)C)c1NCCc1ccccc1. The molecule has 2 rings (SSSR count). The van der Waals surface area contributed by atoms with Gasteiger partial charge in [0.15, 0.2) is 0 Å². The maximum atomic E-state index is 5.34. The van der Waals surface area contributed by atoms with Crippen molar-refractivity contribution in [2.24, 2.45) is 0 Å². The lowest BCUT2D eigenvalue weighted by Crippen LogP contribution is -2.15. The summed E-state index contributed by atoms with van der Waals surface area (Å²) in [4.78, 5) is 6.31. The van der Waals surface area contributed by atoms with Gasteiger partial charge >= 0.3 is 0 Å². The van der Waals surface area contributed by atoms with Crippen molar-refractivity contribution in [3.63, 3.8) is 0 Å². The highest BCUT2D eigenvalue weighted by Crippen LogP contribution is 2.31. The zero-order valence-corrected chi connectivity index (χ0v) is 12.3. The predicted octanol–water partition coefficient (Wildman–Crippen LogP) is 2.81. The molecule has 0 unspecified atom stereocenters. The highest BCUT2D eigenvalue weighted by molar-refractivity contribution is 5.74. The Kier molecular flexibility index (Phi) is 4.82. The Hall–Kier alpha value is -2.23. The molecule has 1 heterocycles. The average molecular weight is 271 g/mol. The van der Waals surface area contributed by atoms with Crippen LogP contribution < -0.4 is 15.0 Å². The van der Waals surface area contributed by atoms with Crippen LogP contribution in [0.2, 0.25) is 0 Å². The van der Waals surface area contributed by atoms with Gasteiger partial charge in [-0.05, 0) is 18.1 Å². The number of rotatable bonds is 6. The molecule has 106 valence electrons. The van der Waals surface area contributed by atoms with Crippen molar-refractivity contribution in [1.82, 2.24) is 4.98 Å². The summed E-state index contributed by atoms with van der Waals surface area (Å²) in [6.45, 7) is 0.840. The second-order valence-electron chi connectivity index (χ2n) is 4.77. The molecule has 4 heteroatoms. The quantitative estimate of drug-likeness (QED) is 0.876. The number of benzene rings is 1. The fraction of sp³-hybridized carbons (Fsp3) is 0.312. The molecule has 0 radical (unpaired) electrons. The van der Waals surface area contributed by atoms with Gasteiger partial charge in [0.2, 0.25) is 5.88 Å². The third-order valence-corrected chi connectivity index (χ3v) is 3.13. The molecule has 4 nitrogen and oxygen atoms in total. The van der Waals surface area contributed by atoms with E-state index in [-0.39, 0.29) is 0 Å². The smallest absolute Gasteiger partial charge is 0.239 e. The largest absolute Gasteiger partial charge is 0.479 e. The molecule has 0 saturated carbocycles. The first-order valence-corrected chi connectivity index (χ1v) is 6.70. The van der Waals surface area contributed by atoms with E-state index in [9.17, 15) is 0 Å². The van der Waals surface area contributed by atoms with Crippen molar-refractivity contribution in [3.8, 4) is 5.88 Å². The van der Waals surface area contributed by atoms with Crippen LogP contribution >= 0.6 is 0 Å². The molecular weight excluding hydrogens is 250 g/mol. The van der Waals surface area contributed by atoms with Gasteiger partial charge in [-0.25, -0.2) is 4.98 Å².